The molecule has 7 nitrogen and oxygen atoms in total. The van der Waals surface area contributed by atoms with Gasteiger partial charge in [-0.3, -0.25) is 14.5 Å². The molecule has 0 spiro atoms. The second kappa shape index (κ2) is 8.87. The van der Waals surface area contributed by atoms with Gasteiger partial charge in [0.15, 0.2) is 5.58 Å². The van der Waals surface area contributed by atoms with E-state index in [4.69, 9.17) is 4.52 Å². The number of carbonyl (C=O) groups excluding carboxylic acids is 2. The first-order chi connectivity index (χ1) is 14.2. The molecular weight excluding hydrogens is 368 g/mol. The van der Waals surface area contributed by atoms with E-state index in [1.165, 1.54) is 0 Å². The molecule has 2 heterocycles. The second-order valence-electron chi connectivity index (χ2n) is 7.22. The molecule has 0 radical (unpaired) electrons. The molecule has 0 bridgehead atoms. The summed E-state index contributed by atoms with van der Waals surface area (Å²) in [6.07, 6.45) is 0.231. The fraction of sp³-hybridized carbons (Fsp3) is 0.318. The highest BCUT2D eigenvalue weighted by molar-refractivity contribution is 5.86. The van der Waals surface area contributed by atoms with Crippen LogP contribution in [0.5, 0.6) is 0 Å². The molecular formula is C22H24N4O3. The van der Waals surface area contributed by atoms with Crippen molar-refractivity contribution in [3.63, 3.8) is 0 Å². The predicted octanol–water partition coefficient (Wildman–Crippen LogP) is 1.83. The van der Waals surface area contributed by atoms with Crippen molar-refractivity contribution in [2.75, 3.05) is 32.7 Å². The standard InChI is InChI=1S/C22H24N4O3/c27-21(23-15-17-6-2-1-3-7-17)16-25-10-12-26(13-11-25)22(28)14-19-18-8-4-5-9-20(18)29-24-19/h1-9H,10-16H2,(H,23,27). The van der Waals surface area contributed by atoms with Gasteiger partial charge in [-0.15, -0.1) is 0 Å². The molecule has 1 aromatic heterocycles. The number of aromatic nitrogens is 1. The molecule has 2 aromatic carbocycles. The molecule has 7 heteroatoms. The van der Waals surface area contributed by atoms with Crippen LogP contribution in [0.1, 0.15) is 11.3 Å². The molecule has 0 unspecified atom stereocenters. The van der Waals surface area contributed by atoms with Crippen LogP contribution < -0.4 is 5.32 Å². The lowest BCUT2D eigenvalue weighted by atomic mass is 10.1. The molecule has 150 valence electrons. The summed E-state index contributed by atoms with van der Waals surface area (Å²) in [4.78, 5) is 28.7. The number of fused-ring (bicyclic) bond motifs is 1. The summed E-state index contributed by atoms with van der Waals surface area (Å²) in [5, 5.41) is 7.88. The van der Waals surface area contributed by atoms with E-state index in [9.17, 15) is 9.59 Å². The minimum absolute atomic E-state index is 0.00250. The lowest BCUT2D eigenvalue weighted by Gasteiger charge is -2.34. The highest BCUT2D eigenvalue weighted by Gasteiger charge is 2.23. The maximum Gasteiger partial charge on any atom is 0.234 e. The molecule has 0 aliphatic carbocycles. The molecule has 2 amide bonds. The highest BCUT2D eigenvalue weighted by atomic mass is 16.5. The molecule has 0 atom stereocenters. The average Bonchev–Trinajstić information content (AvgIpc) is 3.16. The van der Waals surface area contributed by atoms with Crippen LogP contribution in [0.25, 0.3) is 11.0 Å². The highest BCUT2D eigenvalue weighted by Crippen LogP contribution is 2.19. The van der Waals surface area contributed by atoms with Gasteiger partial charge in [0, 0.05) is 38.1 Å². The summed E-state index contributed by atoms with van der Waals surface area (Å²) in [6.45, 7) is 3.47. The van der Waals surface area contributed by atoms with Gasteiger partial charge in [0.05, 0.1) is 13.0 Å². The Hall–Kier alpha value is -3.19. The third kappa shape index (κ3) is 4.81. The Bertz CT molecular complexity index is 978. The first-order valence-electron chi connectivity index (χ1n) is 9.83. The quantitative estimate of drug-likeness (QED) is 0.692. The fourth-order valence-corrected chi connectivity index (χ4v) is 3.53. The van der Waals surface area contributed by atoms with Crippen LogP contribution in [0.4, 0.5) is 0 Å². The summed E-state index contributed by atoms with van der Waals surface area (Å²) in [5.41, 5.74) is 2.45. The van der Waals surface area contributed by atoms with E-state index >= 15 is 0 Å². The van der Waals surface area contributed by atoms with Crippen LogP contribution >= 0.6 is 0 Å². The van der Waals surface area contributed by atoms with Gasteiger partial charge < -0.3 is 14.7 Å². The van der Waals surface area contributed by atoms with E-state index in [1.807, 2.05) is 59.5 Å². The fourth-order valence-electron chi connectivity index (χ4n) is 3.53. The Morgan fingerprint density at radius 1 is 0.966 bits per heavy atom. The van der Waals surface area contributed by atoms with Gasteiger partial charge in [0.25, 0.3) is 0 Å². The third-order valence-corrected chi connectivity index (χ3v) is 5.20. The van der Waals surface area contributed by atoms with Crippen LogP contribution in [0.15, 0.2) is 59.1 Å². The van der Waals surface area contributed by atoms with Gasteiger partial charge in [-0.2, -0.15) is 0 Å². The van der Waals surface area contributed by atoms with Crippen LogP contribution in [0.2, 0.25) is 0 Å². The van der Waals surface area contributed by atoms with E-state index in [2.05, 4.69) is 15.4 Å². The van der Waals surface area contributed by atoms with Crippen molar-refractivity contribution in [2.24, 2.45) is 0 Å². The van der Waals surface area contributed by atoms with Gasteiger partial charge in [-0.25, -0.2) is 0 Å². The summed E-state index contributed by atoms with van der Waals surface area (Å²) < 4.78 is 5.28. The Morgan fingerprint density at radius 2 is 1.69 bits per heavy atom. The monoisotopic (exact) mass is 392 g/mol. The molecule has 4 rings (SSSR count). The third-order valence-electron chi connectivity index (χ3n) is 5.20. The Morgan fingerprint density at radius 3 is 2.48 bits per heavy atom. The van der Waals surface area contributed by atoms with Gasteiger partial charge in [-0.05, 0) is 17.7 Å². The smallest absolute Gasteiger partial charge is 0.234 e. The van der Waals surface area contributed by atoms with E-state index in [0.29, 0.717) is 50.5 Å². The first-order valence-corrected chi connectivity index (χ1v) is 9.83. The lowest BCUT2D eigenvalue weighted by Crippen LogP contribution is -2.51. The average molecular weight is 392 g/mol. The zero-order chi connectivity index (χ0) is 20.1. The van der Waals surface area contributed by atoms with Crippen molar-refractivity contribution < 1.29 is 14.1 Å². The number of piperazine rings is 1. The molecule has 29 heavy (non-hydrogen) atoms. The molecule has 1 fully saturated rings. The number of benzene rings is 2. The number of hydrogen-bond donors (Lipinski definition) is 1. The normalized spacial score (nSPS) is 14.8. The van der Waals surface area contributed by atoms with E-state index < -0.39 is 0 Å². The zero-order valence-electron chi connectivity index (χ0n) is 16.2. The van der Waals surface area contributed by atoms with Crippen molar-refractivity contribution in [3.05, 3.63) is 65.9 Å². The van der Waals surface area contributed by atoms with Crippen molar-refractivity contribution in [2.45, 2.75) is 13.0 Å². The Labute approximate surface area is 169 Å². The molecule has 1 N–H and O–H groups in total. The molecule has 1 aliphatic heterocycles. The number of rotatable bonds is 6. The largest absolute Gasteiger partial charge is 0.356 e. The van der Waals surface area contributed by atoms with Crippen LogP contribution in [-0.4, -0.2) is 59.5 Å². The van der Waals surface area contributed by atoms with Crippen LogP contribution in [-0.2, 0) is 22.6 Å². The number of nitrogens with one attached hydrogen (secondary N) is 1. The first kappa shape index (κ1) is 19.1. The van der Waals surface area contributed by atoms with Crippen LogP contribution in [0, 0.1) is 0 Å². The predicted molar refractivity (Wildman–Crippen MR) is 109 cm³/mol. The number of nitrogens with zero attached hydrogens (tertiary/aromatic N) is 3. The van der Waals surface area contributed by atoms with Crippen molar-refractivity contribution in [3.8, 4) is 0 Å². The number of hydrogen-bond acceptors (Lipinski definition) is 5. The summed E-state index contributed by atoms with van der Waals surface area (Å²) in [7, 11) is 0. The summed E-state index contributed by atoms with van der Waals surface area (Å²) in [6, 6.07) is 17.4. The number of carbonyl (C=O) groups is 2. The SMILES string of the molecule is O=C(CN1CCN(C(=O)Cc2noc3ccccc23)CC1)NCc1ccccc1. The Balaban J connectivity index is 1.22. The van der Waals surface area contributed by atoms with Gasteiger partial charge >= 0.3 is 0 Å². The van der Waals surface area contributed by atoms with Gasteiger partial charge in [0.2, 0.25) is 11.8 Å². The minimum Gasteiger partial charge on any atom is -0.356 e. The molecule has 0 saturated carbocycles. The maximum absolute atomic E-state index is 12.6. The van der Waals surface area contributed by atoms with E-state index in [-0.39, 0.29) is 18.2 Å². The summed E-state index contributed by atoms with van der Waals surface area (Å²) in [5.74, 6) is 0.0416. The van der Waals surface area contributed by atoms with Crippen molar-refractivity contribution in [1.29, 1.82) is 0 Å². The topological polar surface area (TPSA) is 78.7 Å². The van der Waals surface area contributed by atoms with E-state index in [0.717, 1.165) is 10.9 Å². The van der Waals surface area contributed by atoms with Crippen molar-refractivity contribution in [1.82, 2.24) is 20.3 Å². The van der Waals surface area contributed by atoms with Gasteiger partial charge in [0.1, 0.15) is 5.69 Å². The molecule has 3 aromatic rings. The Kier molecular flexibility index (Phi) is 5.86. The molecule has 1 aliphatic rings. The van der Waals surface area contributed by atoms with Crippen LogP contribution in [0.3, 0.4) is 0 Å². The van der Waals surface area contributed by atoms with Crippen molar-refractivity contribution >= 4 is 22.8 Å². The number of amides is 2. The van der Waals surface area contributed by atoms with E-state index in [1.54, 1.807) is 0 Å². The summed E-state index contributed by atoms with van der Waals surface area (Å²) >= 11 is 0. The lowest BCUT2D eigenvalue weighted by molar-refractivity contribution is -0.132. The minimum atomic E-state index is 0.00250. The zero-order valence-corrected chi connectivity index (χ0v) is 16.2. The molecule has 1 saturated heterocycles. The maximum atomic E-state index is 12.6. The second-order valence-corrected chi connectivity index (χ2v) is 7.22. The number of para-hydroxylation sites is 1. The van der Waals surface area contributed by atoms with Gasteiger partial charge in [-0.1, -0.05) is 47.6 Å².